The lowest BCUT2D eigenvalue weighted by Gasteiger charge is -2.28. The van der Waals surface area contributed by atoms with Crippen LogP contribution in [0, 0.1) is 5.92 Å². The highest BCUT2D eigenvalue weighted by Crippen LogP contribution is 2.24. The minimum Gasteiger partial charge on any atom is -0.468 e. The predicted octanol–water partition coefficient (Wildman–Crippen LogP) is 3.87. The van der Waals surface area contributed by atoms with Gasteiger partial charge in [0.1, 0.15) is 5.76 Å². The Morgan fingerprint density at radius 3 is 2.29 bits per heavy atom. The number of furan rings is 1. The second kappa shape index (κ2) is 7.43. The summed E-state index contributed by atoms with van der Waals surface area (Å²) in [6.45, 7) is 5.36. The van der Waals surface area contributed by atoms with Crippen LogP contribution in [0.4, 0.5) is 0 Å². The van der Waals surface area contributed by atoms with E-state index in [0.717, 1.165) is 12.3 Å². The summed E-state index contributed by atoms with van der Waals surface area (Å²) in [5.74, 6) is 1.54. The first-order valence-electron chi connectivity index (χ1n) is 7.57. The van der Waals surface area contributed by atoms with Crippen LogP contribution >= 0.6 is 0 Å². The van der Waals surface area contributed by atoms with Crippen LogP contribution in [0.2, 0.25) is 0 Å². The van der Waals surface area contributed by atoms with E-state index in [1.165, 1.54) is 5.56 Å². The summed E-state index contributed by atoms with van der Waals surface area (Å²) in [6, 6.07) is 15.2. The first-order valence-corrected chi connectivity index (χ1v) is 7.57. The van der Waals surface area contributed by atoms with Crippen LogP contribution in [-0.2, 0) is 0 Å². The fourth-order valence-corrected chi connectivity index (χ4v) is 2.66. The molecule has 0 amide bonds. The number of rotatable bonds is 7. The van der Waals surface area contributed by atoms with Gasteiger partial charge in [0.2, 0.25) is 0 Å². The molecule has 2 aromatic rings. The molecule has 0 bridgehead atoms. The van der Waals surface area contributed by atoms with E-state index < -0.39 is 0 Å². The molecular weight excluding hydrogens is 260 g/mol. The quantitative estimate of drug-likeness (QED) is 0.837. The number of likely N-dealkylation sites (N-methyl/N-ethyl adjacent to an activating group) is 1. The molecule has 0 fully saturated rings. The van der Waals surface area contributed by atoms with E-state index in [0.29, 0.717) is 12.0 Å². The van der Waals surface area contributed by atoms with Gasteiger partial charge in [0.05, 0.1) is 12.3 Å². The molecule has 1 heterocycles. The van der Waals surface area contributed by atoms with Crippen LogP contribution in [0.3, 0.4) is 0 Å². The van der Waals surface area contributed by atoms with Gasteiger partial charge >= 0.3 is 0 Å². The topological polar surface area (TPSA) is 28.4 Å². The first kappa shape index (κ1) is 15.8. The molecule has 114 valence electrons. The molecule has 2 atom stereocenters. The highest BCUT2D eigenvalue weighted by Gasteiger charge is 2.21. The molecule has 0 aliphatic carbocycles. The summed E-state index contributed by atoms with van der Waals surface area (Å²) in [4.78, 5) is 2.19. The molecule has 21 heavy (non-hydrogen) atoms. The van der Waals surface area contributed by atoms with Crippen molar-refractivity contribution in [3.63, 3.8) is 0 Å². The van der Waals surface area contributed by atoms with Crippen molar-refractivity contribution in [1.29, 1.82) is 0 Å². The fourth-order valence-electron chi connectivity index (χ4n) is 2.66. The van der Waals surface area contributed by atoms with Gasteiger partial charge in [-0.2, -0.15) is 0 Å². The summed E-state index contributed by atoms with van der Waals surface area (Å²) in [7, 11) is 4.17. The lowest BCUT2D eigenvalue weighted by atomic mass is 9.95. The van der Waals surface area contributed by atoms with Gasteiger partial charge in [-0.3, -0.25) is 4.90 Å². The van der Waals surface area contributed by atoms with Crippen LogP contribution < -0.4 is 5.32 Å². The van der Waals surface area contributed by atoms with E-state index in [-0.39, 0.29) is 6.04 Å². The monoisotopic (exact) mass is 286 g/mol. The molecule has 1 aromatic heterocycles. The number of hydrogen-bond donors (Lipinski definition) is 1. The molecule has 0 saturated carbocycles. The van der Waals surface area contributed by atoms with Gasteiger partial charge < -0.3 is 9.73 Å². The molecule has 3 heteroatoms. The first-order chi connectivity index (χ1) is 10.1. The van der Waals surface area contributed by atoms with E-state index in [4.69, 9.17) is 4.42 Å². The van der Waals surface area contributed by atoms with Crippen LogP contribution in [0.5, 0.6) is 0 Å². The van der Waals surface area contributed by atoms with Gasteiger partial charge in [-0.25, -0.2) is 0 Å². The third-order valence-corrected chi connectivity index (χ3v) is 3.85. The van der Waals surface area contributed by atoms with Gasteiger partial charge in [0.15, 0.2) is 0 Å². The Hall–Kier alpha value is -1.58. The zero-order valence-corrected chi connectivity index (χ0v) is 13.4. The molecule has 0 saturated heterocycles. The Kier molecular flexibility index (Phi) is 5.59. The molecule has 0 spiro atoms. The zero-order valence-electron chi connectivity index (χ0n) is 13.4. The van der Waals surface area contributed by atoms with Crippen molar-refractivity contribution in [1.82, 2.24) is 10.2 Å². The molecule has 1 N–H and O–H groups in total. The summed E-state index contributed by atoms with van der Waals surface area (Å²) >= 11 is 0. The molecule has 2 rings (SSSR count). The highest BCUT2D eigenvalue weighted by atomic mass is 16.3. The molecule has 0 aliphatic rings. The standard InChI is InChI=1S/C18H26N2O/c1-14(2)18(15-9-6-5-7-10-15)19-13-16(20(3)4)17-11-8-12-21-17/h5-12,14,16,18-19H,13H2,1-4H3. The van der Waals surface area contributed by atoms with E-state index >= 15 is 0 Å². The molecule has 0 radical (unpaired) electrons. The van der Waals surface area contributed by atoms with Crippen molar-refractivity contribution in [3.8, 4) is 0 Å². The number of hydrogen-bond acceptors (Lipinski definition) is 3. The van der Waals surface area contributed by atoms with E-state index in [2.05, 4.69) is 68.5 Å². The number of nitrogens with one attached hydrogen (secondary N) is 1. The molecule has 3 nitrogen and oxygen atoms in total. The van der Waals surface area contributed by atoms with Crippen LogP contribution in [-0.4, -0.2) is 25.5 Å². The van der Waals surface area contributed by atoms with Crippen molar-refractivity contribution in [2.24, 2.45) is 5.92 Å². The third kappa shape index (κ3) is 4.19. The van der Waals surface area contributed by atoms with E-state index in [9.17, 15) is 0 Å². The SMILES string of the molecule is CC(C)C(NCC(c1ccco1)N(C)C)c1ccccc1. The third-order valence-electron chi connectivity index (χ3n) is 3.85. The van der Waals surface area contributed by atoms with Crippen molar-refractivity contribution >= 4 is 0 Å². The van der Waals surface area contributed by atoms with Crippen LogP contribution in [0.25, 0.3) is 0 Å². The van der Waals surface area contributed by atoms with E-state index in [1.54, 1.807) is 6.26 Å². The van der Waals surface area contributed by atoms with Crippen LogP contribution in [0.1, 0.15) is 37.3 Å². The number of nitrogens with zero attached hydrogens (tertiary/aromatic N) is 1. The Labute approximate surface area is 128 Å². The predicted molar refractivity (Wildman–Crippen MR) is 87.2 cm³/mol. The average Bonchev–Trinajstić information content (AvgIpc) is 2.97. The number of benzene rings is 1. The van der Waals surface area contributed by atoms with Crippen molar-refractivity contribution in [2.75, 3.05) is 20.6 Å². The second-order valence-corrected chi connectivity index (χ2v) is 6.04. The van der Waals surface area contributed by atoms with Crippen LogP contribution in [0.15, 0.2) is 53.1 Å². The zero-order chi connectivity index (χ0) is 15.2. The molecule has 1 aromatic carbocycles. The maximum absolute atomic E-state index is 5.57. The Bertz CT molecular complexity index is 505. The largest absolute Gasteiger partial charge is 0.468 e. The summed E-state index contributed by atoms with van der Waals surface area (Å²) in [6.07, 6.45) is 1.74. The van der Waals surface area contributed by atoms with Crippen molar-refractivity contribution in [3.05, 3.63) is 60.1 Å². The lowest BCUT2D eigenvalue weighted by molar-refractivity contribution is 0.236. The van der Waals surface area contributed by atoms with E-state index in [1.807, 2.05) is 12.1 Å². The normalized spacial score (nSPS) is 14.6. The average molecular weight is 286 g/mol. The molecule has 0 aliphatic heterocycles. The Morgan fingerprint density at radius 1 is 1.05 bits per heavy atom. The summed E-state index contributed by atoms with van der Waals surface area (Å²) in [5, 5.41) is 3.70. The van der Waals surface area contributed by atoms with Crippen molar-refractivity contribution in [2.45, 2.75) is 25.9 Å². The maximum Gasteiger partial charge on any atom is 0.122 e. The minimum atomic E-state index is 0.241. The molecule has 2 unspecified atom stereocenters. The summed E-state index contributed by atoms with van der Waals surface area (Å²) in [5.41, 5.74) is 1.34. The Balaban J connectivity index is 2.07. The van der Waals surface area contributed by atoms with Gasteiger partial charge in [-0.1, -0.05) is 44.2 Å². The van der Waals surface area contributed by atoms with Gasteiger partial charge in [-0.05, 0) is 37.7 Å². The highest BCUT2D eigenvalue weighted by molar-refractivity contribution is 5.19. The van der Waals surface area contributed by atoms with Gasteiger partial charge in [0, 0.05) is 12.6 Å². The maximum atomic E-state index is 5.57. The lowest BCUT2D eigenvalue weighted by Crippen LogP contribution is -2.34. The summed E-state index contributed by atoms with van der Waals surface area (Å²) < 4.78 is 5.57. The van der Waals surface area contributed by atoms with Crippen molar-refractivity contribution < 1.29 is 4.42 Å². The Morgan fingerprint density at radius 2 is 1.76 bits per heavy atom. The van der Waals surface area contributed by atoms with Gasteiger partial charge in [0.25, 0.3) is 0 Å². The molecular formula is C18H26N2O. The minimum absolute atomic E-state index is 0.241. The second-order valence-electron chi connectivity index (χ2n) is 6.04. The fraction of sp³-hybridized carbons (Fsp3) is 0.444. The van der Waals surface area contributed by atoms with Gasteiger partial charge in [-0.15, -0.1) is 0 Å². The smallest absolute Gasteiger partial charge is 0.122 e.